The van der Waals surface area contributed by atoms with E-state index >= 15 is 0 Å². The molecule has 1 aliphatic rings. The van der Waals surface area contributed by atoms with Crippen LogP contribution in [0.5, 0.6) is 0 Å². The topological polar surface area (TPSA) is 66.8 Å². The zero-order valence-electron chi connectivity index (χ0n) is 10.4. The monoisotopic (exact) mass is 327 g/mol. The van der Waals surface area contributed by atoms with Gasteiger partial charge in [-0.2, -0.15) is 0 Å². The molecule has 0 aliphatic carbocycles. The molecule has 1 N–H and O–H groups in total. The Morgan fingerprint density at radius 3 is 2.63 bits per heavy atom. The number of carbonyl (C=O) groups excluding carboxylic acids is 1. The number of hydrogen-bond acceptors (Lipinski definition) is 3. The molecule has 0 saturated carbocycles. The van der Waals surface area contributed by atoms with Crippen LogP contribution in [0.3, 0.4) is 0 Å². The van der Waals surface area contributed by atoms with Gasteiger partial charge in [0.25, 0.3) is 5.91 Å². The van der Waals surface area contributed by atoms with Gasteiger partial charge in [-0.05, 0) is 24.6 Å². The summed E-state index contributed by atoms with van der Waals surface area (Å²) in [7, 11) is 1.71. The van der Waals surface area contributed by atoms with E-state index in [1.54, 1.807) is 18.0 Å². The van der Waals surface area contributed by atoms with Gasteiger partial charge in [0.05, 0.1) is 18.2 Å². The van der Waals surface area contributed by atoms with Crippen molar-refractivity contribution in [3.63, 3.8) is 0 Å². The number of carbonyl (C=O) groups is 2. The van der Waals surface area contributed by atoms with Crippen LogP contribution in [-0.2, 0) is 4.74 Å². The van der Waals surface area contributed by atoms with E-state index in [-0.39, 0.29) is 17.5 Å². The predicted octanol–water partition coefficient (Wildman–Crippen LogP) is 2.01. The van der Waals surface area contributed by atoms with Gasteiger partial charge in [0.2, 0.25) is 0 Å². The van der Waals surface area contributed by atoms with Crippen molar-refractivity contribution >= 4 is 27.8 Å². The van der Waals surface area contributed by atoms with Crippen molar-refractivity contribution in [2.75, 3.05) is 20.3 Å². The van der Waals surface area contributed by atoms with Gasteiger partial charge in [0.1, 0.15) is 0 Å². The van der Waals surface area contributed by atoms with Crippen molar-refractivity contribution < 1.29 is 19.4 Å². The molecule has 5 nitrogen and oxygen atoms in total. The molecule has 1 unspecified atom stereocenters. The minimum absolute atomic E-state index is 0.0553. The van der Waals surface area contributed by atoms with Crippen LogP contribution >= 0.6 is 15.9 Å². The summed E-state index contributed by atoms with van der Waals surface area (Å²) in [4.78, 5) is 24.9. The van der Waals surface area contributed by atoms with Crippen molar-refractivity contribution in [3.05, 3.63) is 33.8 Å². The average Bonchev–Trinajstić information content (AvgIpc) is 2.90. The van der Waals surface area contributed by atoms with Gasteiger partial charge in [-0.3, -0.25) is 4.79 Å². The SMILES string of the molecule is CN(C(=O)c1cc(Br)cc(C(=O)O)c1)C1CCOC1. The molecule has 6 heteroatoms. The van der Waals surface area contributed by atoms with Crippen LogP contribution in [0, 0.1) is 0 Å². The first-order chi connectivity index (χ1) is 8.99. The van der Waals surface area contributed by atoms with Gasteiger partial charge in [-0.15, -0.1) is 0 Å². The second kappa shape index (κ2) is 5.71. The minimum atomic E-state index is -1.05. The van der Waals surface area contributed by atoms with E-state index in [0.29, 0.717) is 23.2 Å². The molecule has 1 amide bonds. The standard InChI is InChI=1S/C13H14BrNO4/c1-15(11-2-3-19-7-11)12(16)8-4-9(13(17)18)6-10(14)5-8/h4-6,11H,2-3,7H2,1H3,(H,17,18). The first-order valence-electron chi connectivity index (χ1n) is 5.88. The third-order valence-electron chi connectivity index (χ3n) is 3.17. The van der Waals surface area contributed by atoms with Crippen molar-refractivity contribution in [1.82, 2.24) is 4.90 Å². The summed E-state index contributed by atoms with van der Waals surface area (Å²) < 4.78 is 5.83. The molecule has 1 atom stereocenters. The molecular weight excluding hydrogens is 314 g/mol. The number of rotatable bonds is 3. The Morgan fingerprint density at radius 2 is 2.05 bits per heavy atom. The van der Waals surface area contributed by atoms with Crippen LogP contribution in [0.1, 0.15) is 27.1 Å². The lowest BCUT2D eigenvalue weighted by atomic mass is 10.1. The smallest absolute Gasteiger partial charge is 0.335 e. The van der Waals surface area contributed by atoms with Gasteiger partial charge in [0.15, 0.2) is 0 Å². The number of halogens is 1. The average molecular weight is 328 g/mol. The second-order valence-electron chi connectivity index (χ2n) is 4.47. The summed E-state index contributed by atoms with van der Waals surface area (Å²) in [5.74, 6) is -1.25. The van der Waals surface area contributed by atoms with Crippen LogP contribution in [-0.4, -0.2) is 48.2 Å². The van der Waals surface area contributed by atoms with Gasteiger partial charge < -0.3 is 14.7 Å². The van der Waals surface area contributed by atoms with E-state index in [1.807, 2.05) is 0 Å². The fraction of sp³-hybridized carbons (Fsp3) is 0.385. The van der Waals surface area contributed by atoms with Crippen LogP contribution in [0.15, 0.2) is 22.7 Å². The minimum Gasteiger partial charge on any atom is -0.478 e. The Hall–Kier alpha value is -1.40. The number of amides is 1. The van der Waals surface area contributed by atoms with E-state index in [9.17, 15) is 9.59 Å². The molecule has 19 heavy (non-hydrogen) atoms. The summed E-state index contributed by atoms with van der Waals surface area (Å²) in [5.41, 5.74) is 0.454. The fourth-order valence-electron chi connectivity index (χ4n) is 2.03. The number of aromatic carboxylic acids is 1. The van der Waals surface area contributed by atoms with Gasteiger partial charge in [-0.1, -0.05) is 15.9 Å². The van der Waals surface area contributed by atoms with E-state index in [0.717, 1.165) is 6.42 Å². The zero-order valence-corrected chi connectivity index (χ0v) is 12.0. The Labute approximate surface area is 119 Å². The van der Waals surface area contributed by atoms with E-state index in [1.165, 1.54) is 12.1 Å². The Bertz CT molecular complexity index is 511. The highest BCUT2D eigenvalue weighted by atomic mass is 79.9. The van der Waals surface area contributed by atoms with Crippen LogP contribution in [0.2, 0.25) is 0 Å². The summed E-state index contributed by atoms with van der Waals surface area (Å²) >= 11 is 3.22. The molecule has 1 fully saturated rings. The van der Waals surface area contributed by atoms with Crippen molar-refractivity contribution in [3.8, 4) is 0 Å². The maximum absolute atomic E-state index is 12.3. The largest absolute Gasteiger partial charge is 0.478 e. The van der Waals surface area contributed by atoms with Gasteiger partial charge in [0, 0.05) is 23.7 Å². The number of nitrogens with zero attached hydrogens (tertiary/aromatic N) is 1. The number of ether oxygens (including phenoxy) is 1. The summed E-state index contributed by atoms with van der Waals surface area (Å²) in [6.45, 7) is 1.18. The lowest BCUT2D eigenvalue weighted by Gasteiger charge is -2.23. The van der Waals surface area contributed by atoms with Gasteiger partial charge >= 0.3 is 5.97 Å². The molecule has 1 aromatic carbocycles. The first-order valence-corrected chi connectivity index (χ1v) is 6.67. The molecule has 2 rings (SSSR count). The molecule has 0 bridgehead atoms. The number of benzene rings is 1. The predicted molar refractivity (Wildman–Crippen MR) is 72.4 cm³/mol. The second-order valence-corrected chi connectivity index (χ2v) is 5.38. The first kappa shape index (κ1) is 14.0. The van der Waals surface area contributed by atoms with E-state index in [2.05, 4.69) is 15.9 Å². The van der Waals surface area contributed by atoms with E-state index in [4.69, 9.17) is 9.84 Å². The molecule has 0 aromatic heterocycles. The number of hydrogen-bond donors (Lipinski definition) is 1. The van der Waals surface area contributed by atoms with Crippen LogP contribution in [0.25, 0.3) is 0 Å². The van der Waals surface area contributed by atoms with Gasteiger partial charge in [-0.25, -0.2) is 4.79 Å². The molecular formula is C13H14BrNO4. The highest BCUT2D eigenvalue weighted by molar-refractivity contribution is 9.10. The Kier molecular flexibility index (Phi) is 4.21. The maximum Gasteiger partial charge on any atom is 0.335 e. The van der Waals surface area contributed by atoms with Crippen LogP contribution < -0.4 is 0 Å². The third-order valence-corrected chi connectivity index (χ3v) is 3.62. The van der Waals surface area contributed by atoms with Crippen LogP contribution in [0.4, 0.5) is 0 Å². The highest BCUT2D eigenvalue weighted by Gasteiger charge is 2.25. The molecule has 0 spiro atoms. The number of carboxylic acid groups (broad SMARTS) is 1. The lowest BCUT2D eigenvalue weighted by Crippen LogP contribution is -2.37. The summed E-state index contributed by atoms with van der Waals surface area (Å²) in [6.07, 6.45) is 0.808. The molecule has 1 heterocycles. The molecule has 0 radical (unpaired) electrons. The summed E-state index contributed by atoms with van der Waals surface area (Å²) in [5, 5.41) is 9.00. The maximum atomic E-state index is 12.3. The number of likely N-dealkylation sites (N-methyl/N-ethyl adjacent to an activating group) is 1. The summed E-state index contributed by atoms with van der Waals surface area (Å²) in [6, 6.07) is 4.54. The molecule has 102 valence electrons. The van der Waals surface area contributed by atoms with Crippen molar-refractivity contribution in [2.24, 2.45) is 0 Å². The molecule has 1 aliphatic heterocycles. The third kappa shape index (κ3) is 3.13. The van der Waals surface area contributed by atoms with Crippen molar-refractivity contribution in [2.45, 2.75) is 12.5 Å². The Balaban J connectivity index is 2.25. The lowest BCUT2D eigenvalue weighted by molar-refractivity contribution is 0.0696. The molecule has 1 aromatic rings. The molecule has 1 saturated heterocycles. The zero-order chi connectivity index (χ0) is 14.0. The van der Waals surface area contributed by atoms with Crippen molar-refractivity contribution in [1.29, 1.82) is 0 Å². The fourth-order valence-corrected chi connectivity index (χ4v) is 2.53. The normalized spacial score (nSPS) is 18.3. The van der Waals surface area contributed by atoms with E-state index < -0.39 is 5.97 Å². The quantitative estimate of drug-likeness (QED) is 0.922. The highest BCUT2D eigenvalue weighted by Crippen LogP contribution is 2.19. The Morgan fingerprint density at radius 1 is 1.37 bits per heavy atom. The number of carboxylic acids is 1.